The van der Waals surface area contributed by atoms with Crippen molar-refractivity contribution in [2.75, 3.05) is 37.7 Å². The van der Waals surface area contributed by atoms with E-state index in [0.29, 0.717) is 30.7 Å². The highest BCUT2D eigenvalue weighted by Crippen LogP contribution is 2.21. The summed E-state index contributed by atoms with van der Waals surface area (Å²) in [6, 6.07) is 0.341. The van der Waals surface area contributed by atoms with Crippen molar-refractivity contribution in [1.29, 1.82) is 0 Å². The maximum absolute atomic E-state index is 12.8. The number of piperidine rings is 1. The van der Waals surface area contributed by atoms with Crippen molar-refractivity contribution in [3.8, 4) is 0 Å². The minimum absolute atomic E-state index is 0.0416. The third-order valence-corrected chi connectivity index (χ3v) is 4.41. The monoisotopic (exact) mass is 312 g/mol. The summed E-state index contributed by atoms with van der Waals surface area (Å²) in [5, 5.41) is 3.69. The molecule has 1 N–H and O–H groups in total. The molecule has 1 atom stereocenters. The fraction of sp³-hybridized carbons (Fsp3) is 0.714. The van der Waals surface area contributed by atoms with Gasteiger partial charge >= 0.3 is 0 Å². The van der Waals surface area contributed by atoms with Gasteiger partial charge in [0, 0.05) is 18.8 Å². The molecule has 0 aromatic carbocycles. The molecule has 0 saturated carbocycles. The van der Waals surface area contributed by atoms with Gasteiger partial charge in [-0.15, -0.1) is 0 Å². The van der Waals surface area contributed by atoms with Crippen LogP contribution in [0.4, 0.5) is 5.82 Å². The van der Waals surface area contributed by atoms with Crippen LogP contribution in [0.3, 0.4) is 0 Å². The quantitative estimate of drug-likeness (QED) is 0.884. The third-order valence-electron chi connectivity index (χ3n) is 4.23. The molecule has 116 valence electrons. The van der Waals surface area contributed by atoms with Crippen LogP contribution in [-0.2, 0) is 4.74 Å². The second kappa shape index (κ2) is 6.34. The molecule has 0 spiro atoms. The predicted octanol–water partition coefficient (Wildman–Crippen LogP) is 1.05. The summed E-state index contributed by atoms with van der Waals surface area (Å²) in [5.74, 6) is 0.455. The first-order chi connectivity index (χ1) is 10.2. The summed E-state index contributed by atoms with van der Waals surface area (Å²) < 4.78 is 7.20. The maximum Gasteiger partial charge on any atom is 0.293 e. The first-order valence-electron chi connectivity index (χ1n) is 7.50. The van der Waals surface area contributed by atoms with Crippen LogP contribution >= 0.6 is 11.6 Å². The van der Waals surface area contributed by atoms with E-state index in [2.05, 4.69) is 10.3 Å². The number of halogens is 1. The molecule has 2 aliphatic rings. The highest BCUT2D eigenvalue weighted by Gasteiger charge is 2.26. The first-order valence-corrected chi connectivity index (χ1v) is 7.88. The molecule has 2 aliphatic heterocycles. The number of nitrogens with zero attached hydrogens (tertiary/aromatic N) is 3. The number of hydrogen-bond acceptors (Lipinski definition) is 5. The Morgan fingerprint density at radius 1 is 1.43 bits per heavy atom. The Bertz CT molecular complexity index is 556. The van der Waals surface area contributed by atoms with Crippen molar-refractivity contribution in [2.45, 2.75) is 31.8 Å². The Morgan fingerprint density at radius 3 is 2.90 bits per heavy atom. The van der Waals surface area contributed by atoms with E-state index in [-0.39, 0.29) is 17.6 Å². The topological polar surface area (TPSA) is 59.4 Å². The summed E-state index contributed by atoms with van der Waals surface area (Å²) in [4.78, 5) is 19.1. The van der Waals surface area contributed by atoms with E-state index in [1.807, 2.05) is 11.8 Å². The number of anilines is 1. The molecule has 0 aliphatic carbocycles. The van der Waals surface area contributed by atoms with Crippen LogP contribution in [0.2, 0.25) is 5.15 Å². The van der Waals surface area contributed by atoms with Gasteiger partial charge in [0.2, 0.25) is 0 Å². The van der Waals surface area contributed by atoms with E-state index < -0.39 is 0 Å². The van der Waals surface area contributed by atoms with Crippen molar-refractivity contribution in [1.82, 2.24) is 14.9 Å². The van der Waals surface area contributed by atoms with Crippen molar-refractivity contribution >= 4 is 17.4 Å². The number of morpholine rings is 1. The van der Waals surface area contributed by atoms with E-state index in [9.17, 15) is 4.79 Å². The van der Waals surface area contributed by atoms with Crippen LogP contribution in [0, 0.1) is 0 Å². The lowest BCUT2D eigenvalue weighted by atomic mass is 10.1. The van der Waals surface area contributed by atoms with Crippen LogP contribution in [0.15, 0.2) is 11.0 Å². The van der Waals surface area contributed by atoms with Crippen molar-refractivity contribution in [2.24, 2.45) is 0 Å². The Kier molecular flexibility index (Phi) is 4.47. The summed E-state index contributed by atoms with van der Waals surface area (Å²) in [6.07, 6.45) is 3.56. The molecule has 3 heterocycles. The highest BCUT2D eigenvalue weighted by atomic mass is 35.5. The largest absolute Gasteiger partial charge is 0.377 e. The average Bonchev–Trinajstić information content (AvgIpc) is 2.51. The van der Waals surface area contributed by atoms with Crippen LogP contribution in [0.5, 0.6) is 0 Å². The molecular weight excluding hydrogens is 292 g/mol. The third kappa shape index (κ3) is 3.07. The minimum Gasteiger partial charge on any atom is -0.377 e. The predicted molar refractivity (Wildman–Crippen MR) is 82.3 cm³/mol. The standard InChI is InChI=1S/C14H21ClN4O2/c1-10-9-21-7-6-18(10)13-14(20)19(8-12(15)17-13)11-2-4-16-5-3-11/h8,10-11,16H,2-7,9H2,1H3. The zero-order chi connectivity index (χ0) is 14.8. The lowest BCUT2D eigenvalue weighted by molar-refractivity contribution is 0.0983. The smallest absolute Gasteiger partial charge is 0.293 e. The molecule has 2 fully saturated rings. The van der Waals surface area contributed by atoms with Crippen LogP contribution in [-0.4, -0.2) is 48.4 Å². The Balaban J connectivity index is 1.97. The molecule has 2 saturated heterocycles. The van der Waals surface area contributed by atoms with Crippen molar-refractivity contribution < 1.29 is 4.74 Å². The SMILES string of the molecule is CC1COCCN1c1nc(Cl)cn(C2CCNCC2)c1=O. The van der Waals surface area contributed by atoms with E-state index >= 15 is 0 Å². The van der Waals surface area contributed by atoms with Gasteiger partial charge in [-0.05, 0) is 32.9 Å². The van der Waals surface area contributed by atoms with Crippen molar-refractivity contribution in [3.63, 3.8) is 0 Å². The number of aromatic nitrogens is 2. The Hall–Kier alpha value is -1.11. The van der Waals surface area contributed by atoms with Gasteiger partial charge in [-0.3, -0.25) is 4.79 Å². The van der Waals surface area contributed by atoms with Crippen molar-refractivity contribution in [3.05, 3.63) is 21.7 Å². The molecule has 0 bridgehead atoms. The number of ether oxygens (including phenoxy) is 1. The average molecular weight is 313 g/mol. The number of nitrogens with one attached hydrogen (secondary N) is 1. The molecule has 1 unspecified atom stereocenters. The van der Waals surface area contributed by atoms with E-state index in [1.54, 1.807) is 10.8 Å². The second-order valence-electron chi connectivity index (χ2n) is 5.70. The van der Waals surface area contributed by atoms with E-state index in [1.165, 1.54) is 0 Å². The molecule has 0 radical (unpaired) electrons. The van der Waals surface area contributed by atoms with E-state index in [0.717, 1.165) is 25.9 Å². The van der Waals surface area contributed by atoms with Gasteiger partial charge in [0.1, 0.15) is 5.15 Å². The normalized spacial score (nSPS) is 24.3. The Labute approximate surface area is 129 Å². The molecular formula is C14H21ClN4O2. The maximum atomic E-state index is 12.8. The highest BCUT2D eigenvalue weighted by molar-refractivity contribution is 6.29. The minimum atomic E-state index is -0.0416. The molecule has 3 rings (SSSR count). The van der Waals surface area contributed by atoms with Gasteiger partial charge in [0.15, 0.2) is 5.82 Å². The lowest BCUT2D eigenvalue weighted by Gasteiger charge is -2.34. The summed E-state index contributed by atoms with van der Waals surface area (Å²) >= 11 is 6.16. The van der Waals surface area contributed by atoms with Gasteiger partial charge < -0.3 is 19.5 Å². The molecule has 1 aromatic rings. The van der Waals surface area contributed by atoms with Gasteiger partial charge in [-0.25, -0.2) is 4.98 Å². The first kappa shape index (κ1) is 14.8. The molecule has 0 amide bonds. The Morgan fingerprint density at radius 2 is 2.19 bits per heavy atom. The van der Waals surface area contributed by atoms with Crippen LogP contribution in [0.25, 0.3) is 0 Å². The van der Waals surface area contributed by atoms with Crippen LogP contribution < -0.4 is 15.8 Å². The van der Waals surface area contributed by atoms with Gasteiger partial charge in [-0.1, -0.05) is 11.6 Å². The fourth-order valence-corrected chi connectivity index (χ4v) is 3.24. The molecule has 1 aromatic heterocycles. The number of rotatable bonds is 2. The van der Waals surface area contributed by atoms with Gasteiger partial charge in [0.25, 0.3) is 5.56 Å². The van der Waals surface area contributed by atoms with Gasteiger partial charge in [-0.2, -0.15) is 0 Å². The summed E-state index contributed by atoms with van der Waals surface area (Å²) in [7, 11) is 0. The second-order valence-corrected chi connectivity index (χ2v) is 6.09. The molecule has 7 heteroatoms. The molecule has 6 nitrogen and oxygen atoms in total. The summed E-state index contributed by atoms with van der Waals surface area (Å²) in [6.45, 7) is 5.80. The summed E-state index contributed by atoms with van der Waals surface area (Å²) in [5.41, 5.74) is -0.0416. The van der Waals surface area contributed by atoms with Crippen LogP contribution in [0.1, 0.15) is 25.8 Å². The fourth-order valence-electron chi connectivity index (χ4n) is 3.05. The van der Waals surface area contributed by atoms with Gasteiger partial charge in [0.05, 0.1) is 19.3 Å². The molecule has 21 heavy (non-hydrogen) atoms. The zero-order valence-corrected chi connectivity index (χ0v) is 13.0. The zero-order valence-electron chi connectivity index (χ0n) is 12.2. The number of hydrogen-bond donors (Lipinski definition) is 1. The van der Waals surface area contributed by atoms with E-state index in [4.69, 9.17) is 16.3 Å². The lowest BCUT2D eigenvalue weighted by Crippen LogP contribution is -2.47.